The molecule has 0 amide bonds. The molecule has 12 heavy (non-hydrogen) atoms. The smallest absolute Gasteiger partial charge is 0.245 e. The lowest BCUT2D eigenvalue weighted by molar-refractivity contribution is 0.900. The minimum Gasteiger partial charge on any atom is -0.346 e. The molecule has 0 saturated heterocycles. The first kappa shape index (κ1) is 7.02. The van der Waals surface area contributed by atoms with E-state index in [1.165, 1.54) is 0 Å². The fourth-order valence-electron chi connectivity index (χ4n) is 0.923. The summed E-state index contributed by atoms with van der Waals surface area (Å²) in [6.45, 7) is 0. The Morgan fingerprint density at radius 1 is 1.42 bits per heavy atom. The monoisotopic (exact) mass is 163 g/mol. The molecule has 0 radical (unpaired) electrons. The molecule has 0 spiro atoms. The van der Waals surface area contributed by atoms with Crippen molar-refractivity contribution >= 4 is 11.6 Å². The summed E-state index contributed by atoms with van der Waals surface area (Å²) in [5, 5.41) is 4.18. The van der Waals surface area contributed by atoms with Crippen LogP contribution in [0, 0.1) is 0 Å². The third kappa shape index (κ3) is 0.990. The fraction of sp³-hybridized carbons (Fsp3) is 0.286. The maximum atomic E-state index is 4.25. The summed E-state index contributed by atoms with van der Waals surface area (Å²) in [6.07, 6.45) is 3.33. The number of hydrogen-bond donors (Lipinski definition) is 0. The van der Waals surface area contributed by atoms with Crippen molar-refractivity contribution in [2.24, 2.45) is 0 Å². The molecule has 2 heterocycles. The van der Waals surface area contributed by atoms with Crippen LogP contribution in [0.15, 0.2) is 18.6 Å². The Balaban J connectivity index is 2.62. The van der Waals surface area contributed by atoms with Crippen LogP contribution in [0.3, 0.4) is 0 Å². The molecule has 62 valence electrons. The predicted octanol–water partition coefficient (Wildman–Crippen LogP) is 0.190. The normalized spacial score (nSPS) is 10.5. The molecule has 0 aliphatic heterocycles. The quantitative estimate of drug-likeness (QED) is 0.602. The first-order valence-corrected chi connectivity index (χ1v) is 3.61. The van der Waals surface area contributed by atoms with Crippen molar-refractivity contribution in [3.63, 3.8) is 0 Å². The van der Waals surface area contributed by atoms with Crippen LogP contribution in [0.5, 0.6) is 0 Å². The Kier molecular flexibility index (Phi) is 1.43. The highest BCUT2D eigenvalue weighted by Crippen LogP contribution is 2.04. The van der Waals surface area contributed by atoms with Crippen LogP contribution in [0.25, 0.3) is 5.65 Å². The van der Waals surface area contributed by atoms with Crippen LogP contribution in [0.1, 0.15) is 0 Å². The lowest BCUT2D eigenvalue weighted by Crippen LogP contribution is -2.10. The molecule has 0 unspecified atom stereocenters. The van der Waals surface area contributed by atoms with Gasteiger partial charge < -0.3 is 4.90 Å². The number of fused-ring (bicyclic) bond motifs is 1. The van der Waals surface area contributed by atoms with E-state index in [9.17, 15) is 0 Å². The van der Waals surface area contributed by atoms with Crippen LogP contribution >= 0.6 is 0 Å². The minimum atomic E-state index is 0.697. The molecule has 5 nitrogen and oxygen atoms in total. The molecule has 2 aromatic heterocycles. The van der Waals surface area contributed by atoms with E-state index < -0.39 is 0 Å². The molecule has 0 N–H and O–H groups in total. The summed E-state index contributed by atoms with van der Waals surface area (Å²) < 4.78 is 1.65. The van der Waals surface area contributed by atoms with Gasteiger partial charge in [0.1, 0.15) is 6.33 Å². The zero-order valence-corrected chi connectivity index (χ0v) is 6.97. The van der Waals surface area contributed by atoms with Gasteiger partial charge in [0.05, 0.1) is 0 Å². The Labute approximate surface area is 69.7 Å². The van der Waals surface area contributed by atoms with Crippen molar-refractivity contribution in [3.05, 3.63) is 18.6 Å². The average molecular weight is 163 g/mol. The highest BCUT2D eigenvalue weighted by Gasteiger charge is 2.02. The van der Waals surface area contributed by atoms with Gasteiger partial charge in [-0.2, -0.15) is 4.98 Å². The molecule has 2 rings (SSSR count). The second kappa shape index (κ2) is 2.44. The molecule has 0 aromatic carbocycles. The van der Waals surface area contributed by atoms with E-state index in [0.29, 0.717) is 5.95 Å². The van der Waals surface area contributed by atoms with Gasteiger partial charge in [0.15, 0.2) is 5.65 Å². The molecule has 5 heteroatoms. The van der Waals surface area contributed by atoms with Crippen LogP contribution in [0.4, 0.5) is 5.95 Å². The minimum absolute atomic E-state index is 0.697. The van der Waals surface area contributed by atoms with Crippen molar-refractivity contribution < 1.29 is 0 Å². The van der Waals surface area contributed by atoms with Crippen molar-refractivity contribution in [2.75, 3.05) is 19.0 Å². The van der Waals surface area contributed by atoms with Gasteiger partial charge in [-0.25, -0.2) is 9.50 Å². The zero-order chi connectivity index (χ0) is 8.55. The molecule has 2 aromatic rings. The van der Waals surface area contributed by atoms with Gasteiger partial charge in [-0.15, -0.1) is 5.10 Å². The maximum Gasteiger partial charge on any atom is 0.245 e. The third-order valence-electron chi connectivity index (χ3n) is 1.53. The summed E-state index contributed by atoms with van der Waals surface area (Å²) in [6, 6.07) is 1.82. The van der Waals surface area contributed by atoms with Crippen molar-refractivity contribution in [3.8, 4) is 0 Å². The fourth-order valence-corrected chi connectivity index (χ4v) is 0.923. The van der Waals surface area contributed by atoms with Crippen molar-refractivity contribution in [1.29, 1.82) is 0 Å². The molecule has 0 saturated carbocycles. The van der Waals surface area contributed by atoms with Crippen LogP contribution in [0.2, 0.25) is 0 Å². The molecular formula is C7H9N5. The number of aromatic nitrogens is 4. The summed E-state index contributed by atoms with van der Waals surface area (Å²) in [4.78, 5) is 10.0. The first-order valence-electron chi connectivity index (χ1n) is 3.61. The number of rotatable bonds is 1. The number of hydrogen-bond acceptors (Lipinski definition) is 4. The Bertz CT molecular complexity index is 358. The number of nitrogens with zero attached hydrogens (tertiary/aromatic N) is 5. The molecule has 0 atom stereocenters. The summed E-state index contributed by atoms with van der Waals surface area (Å²) in [7, 11) is 3.81. The summed E-state index contributed by atoms with van der Waals surface area (Å²) in [5.41, 5.74) is 0.814. The SMILES string of the molecule is CN(C)c1nc2ccncn2n1. The van der Waals surface area contributed by atoms with Gasteiger partial charge in [-0.05, 0) is 0 Å². The molecule has 0 bridgehead atoms. The van der Waals surface area contributed by atoms with Crippen molar-refractivity contribution in [2.45, 2.75) is 0 Å². The van der Waals surface area contributed by atoms with Gasteiger partial charge in [-0.1, -0.05) is 0 Å². The Morgan fingerprint density at radius 3 is 2.92 bits per heavy atom. The largest absolute Gasteiger partial charge is 0.346 e. The topological polar surface area (TPSA) is 46.3 Å². The van der Waals surface area contributed by atoms with E-state index in [1.807, 2.05) is 25.1 Å². The molecular weight excluding hydrogens is 154 g/mol. The van der Waals surface area contributed by atoms with E-state index >= 15 is 0 Å². The van der Waals surface area contributed by atoms with Gasteiger partial charge in [0.2, 0.25) is 5.95 Å². The van der Waals surface area contributed by atoms with E-state index in [1.54, 1.807) is 17.0 Å². The second-order valence-corrected chi connectivity index (χ2v) is 2.69. The van der Waals surface area contributed by atoms with Crippen LogP contribution in [-0.2, 0) is 0 Å². The molecule has 0 fully saturated rings. The number of anilines is 1. The van der Waals surface area contributed by atoms with Gasteiger partial charge >= 0.3 is 0 Å². The van der Waals surface area contributed by atoms with E-state index in [4.69, 9.17) is 0 Å². The third-order valence-corrected chi connectivity index (χ3v) is 1.53. The van der Waals surface area contributed by atoms with E-state index in [-0.39, 0.29) is 0 Å². The highest BCUT2D eigenvalue weighted by molar-refractivity contribution is 5.42. The molecule has 0 aliphatic rings. The summed E-state index contributed by atoms with van der Waals surface area (Å²) in [5.74, 6) is 0.697. The highest BCUT2D eigenvalue weighted by atomic mass is 15.4. The van der Waals surface area contributed by atoms with Gasteiger partial charge in [0.25, 0.3) is 0 Å². The lowest BCUT2D eigenvalue weighted by Gasteiger charge is -2.03. The van der Waals surface area contributed by atoms with E-state index in [2.05, 4.69) is 15.1 Å². The van der Waals surface area contributed by atoms with E-state index in [0.717, 1.165) is 5.65 Å². The van der Waals surface area contributed by atoms with Crippen LogP contribution < -0.4 is 4.90 Å². The Hall–Kier alpha value is -1.65. The summed E-state index contributed by atoms with van der Waals surface area (Å²) >= 11 is 0. The maximum absolute atomic E-state index is 4.25. The standard InChI is InChI=1S/C7H9N5/c1-11(2)7-9-6-3-4-8-5-12(6)10-7/h3-5H,1-2H3. The average Bonchev–Trinajstić information content (AvgIpc) is 2.46. The van der Waals surface area contributed by atoms with Crippen LogP contribution in [-0.4, -0.2) is 33.7 Å². The molecule has 0 aliphatic carbocycles. The predicted molar refractivity (Wildman–Crippen MR) is 45.1 cm³/mol. The zero-order valence-electron chi connectivity index (χ0n) is 6.97. The van der Waals surface area contributed by atoms with Gasteiger partial charge in [0, 0.05) is 26.4 Å². The van der Waals surface area contributed by atoms with Crippen molar-refractivity contribution in [1.82, 2.24) is 19.6 Å². The second-order valence-electron chi connectivity index (χ2n) is 2.69. The first-order chi connectivity index (χ1) is 5.77. The lowest BCUT2D eigenvalue weighted by atomic mass is 10.6. The van der Waals surface area contributed by atoms with Gasteiger partial charge in [-0.3, -0.25) is 0 Å². The Morgan fingerprint density at radius 2 is 2.25 bits per heavy atom.